The molecule has 1 atom stereocenters. The summed E-state index contributed by atoms with van der Waals surface area (Å²) >= 11 is 0. The maximum atomic E-state index is 13.7. The third-order valence-corrected chi connectivity index (χ3v) is 6.93. The standard InChI is InChI=1S/C31H33N3O3/c1-21(2)37-19-11-18-32-27(35)20-34-30(23-14-7-8-15-24(23)31(34)36)28-25-16-9-10-17-26(25)33(3)29(28)22-12-5-4-6-13-22/h4-10,12-17,21,30H,11,18-20H2,1-3H3,(H,32,35)/t30-/m1/s1. The van der Waals surface area contributed by atoms with E-state index < -0.39 is 0 Å². The lowest BCUT2D eigenvalue weighted by Crippen LogP contribution is -2.40. The van der Waals surface area contributed by atoms with E-state index in [0.717, 1.165) is 39.7 Å². The van der Waals surface area contributed by atoms with Gasteiger partial charge in [0.05, 0.1) is 17.8 Å². The van der Waals surface area contributed by atoms with E-state index in [0.29, 0.717) is 18.7 Å². The Morgan fingerprint density at radius 1 is 0.973 bits per heavy atom. The van der Waals surface area contributed by atoms with E-state index in [2.05, 4.69) is 41.2 Å². The van der Waals surface area contributed by atoms with Gasteiger partial charge in [0.2, 0.25) is 5.91 Å². The maximum absolute atomic E-state index is 13.7. The van der Waals surface area contributed by atoms with Gasteiger partial charge in [-0.2, -0.15) is 0 Å². The highest BCUT2D eigenvalue weighted by molar-refractivity contribution is 6.03. The van der Waals surface area contributed by atoms with Crippen LogP contribution in [0.4, 0.5) is 0 Å². The van der Waals surface area contributed by atoms with Crippen LogP contribution in [0.15, 0.2) is 78.9 Å². The van der Waals surface area contributed by atoms with Gasteiger partial charge in [-0.1, -0.05) is 66.7 Å². The Labute approximate surface area is 217 Å². The molecule has 6 nitrogen and oxygen atoms in total. The third-order valence-electron chi connectivity index (χ3n) is 6.93. The predicted molar refractivity (Wildman–Crippen MR) is 146 cm³/mol. The van der Waals surface area contributed by atoms with Gasteiger partial charge < -0.3 is 19.5 Å². The number of rotatable bonds is 9. The number of hydrogen-bond donors (Lipinski definition) is 1. The van der Waals surface area contributed by atoms with Gasteiger partial charge in [-0.05, 0) is 43.5 Å². The lowest BCUT2D eigenvalue weighted by Gasteiger charge is -2.26. The molecule has 0 fully saturated rings. The molecule has 2 amide bonds. The van der Waals surface area contributed by atoms with Gasteiger partial charge >= 0.3 is 0 Å². The molecule has 6 heteroatoms. The normalized spacial score (nSPS) is 15.0. The molecule has 0 bridgehead atoms. The lowest BCUT2D eigenvalue weighted by atomic mass is 9.93. The monoisotopic (exact) mass is 495 g/mol. The van der Waals surface area contributed by atoms with Crippen LogP contribution in [0.2, 0.25) is 0 Å². The van der Waals surface area contributed by atoms with E-state index in [-0.39, 0.29) is 30.5 Å². The van der Waals surface area contributed by atoms with E-state index >= 15 is 0 Å². The number of hydrogen-bond acceptors (Lipinski definition) is 3. The molecule has 2 heterocycles. The second kappa shape index (κ2) is 10.6. The van der Waals surface area contributed by atoms with Crippen LogP contribution in [0.3, 0.4) is 0 Å². The summed E-state index contributed by atoms with van der Waals surface area (Å²) in [6.45, 7) is 5.07. The average molecular weight is 496 g/mol. The highest BCUT2D eigenvalue weighted by Gasteiger charge is 2.41. The van der Waals surface area contributed by atoms with Crippen molar-refractivity contribution in [2.24, 2.45) is 7.05 Å². The Morgan fingerprint density at radius 2 is 1.68 bits per heavy atom. The second-order valence-corrected chi connectivity index (χ2v) is 9.75. The number of amides is 2. The molecule has 0 saturated carbocycles. The molecule has 0 aliphatic carbocycles. The molecule has 1 N–H and O–H groups in total. The molecule has 0 saturated heterocycles. The number of para-hydroxylation sites is 1. The van der Waals surface area contributed by atoms with Crippen LogP contribution < -0.4 is 5.32 Å². The van der Waals surface area contributed by atoms with Crippen LogP contribution in [-0.4, -0.2) is 47.1 Å². The maximum Gasteiger partial charge on any atom is 0.255 e. The first-order chi connectivity index (χ1) is 18.0. The number of aryl methyl sites for hydroxylation is 1. The summed E-state index contributed by atoms with van der Waals surface area (Å²) in [5.74, 6) is -0.289. The highest BCUT2D eigenvalue weighted by atomic mass is 16.5. The Kier molecular flexibility index (Phi) is 7.10. The molecule has 5 rings (SSSR count). The summed E-state index contributed by atoms with van der Waals surface area (Å²) in [5, 5.41) is 4.05. The van der Waals surface area contributed by atoms with Gasteiger partial charge in [-0.15, -0.1) is 0 Å². The summed E-state index contributed by atoms with van der Waals surface area (Å²) in [6.07, 6.45) is 0.889. The molecule has 3 aromatic carbocycles. The molecule has 190 valence electrons. The van der Waals surface area contributed by atoms with Crippen molar-refractivity contribution in [2.45, 2.75) is 32.4 Å². The van der Waals surface area contributed by atoms with Gasteiger partial charge in [0.15, 0.2) is 0 Å². The minimum atomic E-state index is -0.375. The fourth-order valence-corrected chi connectivity index (χ4v) is 5.32. The van der Waals surface area contributed by atoms with E-state index in [9.17, 15) is 9.59 Å². The second-order valence-electron chi connectivity index (χ2n) is 9.75. The molecule has 0 radical (unpaired) electrons. The minimum Gasteiger partial charge on any atom is -0.379 e. The van der Waals surface area contributed by atoms with Crippen molar-refractivity contribution in [3.05, 3.63) is 95.6 Å². The molecule has 0 unspecified atom stereocenters. The smallest absolute Gasteiger partial charge is 0.255 e. The molecule has 1 aliphatic rings. The van der Waals surface area contributed by atoms with Gasteiger partial charge in [-0.3, -0.25) is 9.59 Å². The summed E-state index contributed by atoms with van der Waals surface area (Å²) in [4.78, 5) is 28.4. The Bertz CT molecular complexity index is 1420. The van der Waals surface area contributed by atoms with Crippen molar-refractivity contribution in [3.63, 3.8) is 0 Å². The van der Waals surface area contributed by atoms with E-state index in [4.69, 9.17) is 4.74 Å². The van der Waals surface area contributed by atoms with Crippen LogP contribution in [0.5, 0.6) is 0 Å². The molecular formula is C31H33N3O3. The van der Waals surface area contributed by atoms with Gasteiger partial charge in [-0.25, -0.2) is 0 Å². The van der Waals surface area contributed by atoms with Crippen LogP contribution in [0.25, 0.3) is 22.2 Å². The zero-order valence-corrected chi connectivity index (χ0v) is 21.6. The number of carbonyl (C=O) groups excluding carboxylic acids is 2. The number of benzene rings is 3. The zero-order valence-electron chi connectivity index (χ0n) is 21.6. The van der Waals surface area contributed by atoms with Crippen LogP contribution in [-0.2, 0) is 16.6 Å². The van der Waals surface area contributed by atoms with Gasteiger partial charge in [0, 0.05) is 42.2 Å². The van der Waals surface area contributed by atoms with Crippen molar-refractivity contribution in [1.29, 1.82) is 0 Å². The number of aromatic nitrogens is 1. The third kappa shape index (κ3) is 4.77. The zero-order chi connectivity index (χ0) is 25.9. The predicted octanol–water partition coefficient (Wildman–Crippen LogP) is 5.32. The number of fused-ring (bicyclic) bond motifs is 2. The molecule has 37 heavy (non-hydrogen) atoms. The largest absolute Gasteiger partial charge is 0.379 e. The van der Waals surface area contributed by atoms with Crippen LogP contribution in [0.1, 0.15) is 47.8 Å². The van der Waals surface area contributed by atoms with Gasteiger partial charge in [0.1, 0.15) is 6.54 Å². The summed E-state index contributed by atoms with van der Waals surface area (Å²) in [7, 11) is 2.06. The molecule has 1 aromatic heterocycles. The minimum absolute atomic E-state index is 0.0132. The topological polar surface area (TPSA) is 63.6 Å². The first-order valence-electron chi connectivity index (χ1n) is 12.9. The number of nitrogens with one attached hydrogen (secondary N) is 1. The number of nitrogens with zero attached hydrogens (tertiary/aromatic N) is 2. The first-order valence-corrected chi connectivity index (χ1v) is 12.9. The average Bonchev–Trinajstić information content (AvgIpc) is 3.35. The molecule has 4 aromatic rings. The fourth-order valence-electron chi connectivity index (χ4n) is 5.32. The number of ether oxygens (including phenoxy) is 1. The summed E-state index contributed by atoms with van der Waals surface area (Å²) in [5.41, 5.74) is 5.83. The van der Waals surface area contributed by atoms with E-state index in [1.54, 1.807) is 4.90 Å². The lowest BCUT2D eigenvalue weighted by molar-refractivity contribution is -0.122. The molecule has 0 spiro atoms. The number of carbonyl (C=O) groups is 2. The van der Waals surface area contributed by atoms with E-state index in [1.165, 1.54) is 0 Å². The first kappa shape index (κ1) is 24.8. The Balaban J connectivity index is 1.55. The van der Waals surface area contributed by atoms with Crippen molar-refractivity contribution < 1.29 is 14.3 Å². The van der Waals surface area contributed by atoms with Crippen LogP contribution in [0, 0.1) is 0 Å². The van der Waals surface area contributed by atoms with Crippen LogP contribution >= 0.6 is 0 Å². The summed E-state index contributed by atoms with van der Waals surface area (Å²) < 4.78 is 7.76. The Hall–Kier alpha value is -3.90. The SMILES string of the molecule is CC(C)OCCCNC(=O)CN1C(=O)c2ccccc2[C@@H]1c1c(-c2ccccc2)n(C)c2ccccc12. The van der Waals surface area contributed by atoms with Crippen molar-refractivity contribution >= 4 is 22.7 Å². The molecule has 1 aliphatic heterocycles. The Morgan fingerprint density at radius 3 is 2.46 bits per heavy atom. The molecular weight excluding hydrogens is 462 g/mol. The highest BCUT2D eigenvalue weighted by Crippen LogP contribution is 2.46. The fraction of sp³-hybridized carbons (Fsp3) is 0.290. The van der Waals surface area contributed by atoms with Crippen molar-refractivity contribution in [2.75, 3.05) is 19.7 Å². The van der Waals surface area contributed by atoms with Crippen molar-refractivity contribution in [3.8, 4) is 11.3 Å². The van der Waals surface area contributed by atoms with Gasteiger partial charge in [0.25, 0.3) is 5.91 Å². The van der Waals surface area contributed by atoms with Crippen molar-refractivity contribution in [1.82, 2.24) is 14.8 Å². The quantitative estimate of drug-likeness (QED) is 0.320. The summed E-state index contributed by atoms with van der Waals surface area (Å²) in [6, 6.07) is 25.9. The van der Waals surface area contributed by atoms with E-state index in [1.807, 2.05) is 68.4 Å².